The monoisotopic (exact) mass is 396 g/mol. The molecule has 0 radical (unpaired) electrons. The maximum atomic E-state index is 14.9. The molecule has 4 heteroatoms. The molecule has 1 aliphatic carbocycles. The number of methoxy groups -OCH3 is 1. The highest BCUT2D eigenvalue weighted by atomic mass is 31.2. The highest BCUT2D eigenvalue weighted by molar-refractivity contribution is 7.74. The number of benzene rings is 2. The molecule has 1 aliphatic rings. The number of rotatable bonds is 4. The molecule has 1 unspecified atom stereocenters. The summed E-state index contributed by atoms with van der Waals surface area (Å²) in [4.78, 5) is 12.6. The molecule has 1 saturated carbocycles. The molecule has 148 valence electrons. The van der Waals surface area contributed by atoms with Crippen LogP contribution in [0, 0.1) is 5.92 Å². The van der Waals surface area contributed by atoms with Crippen LogP contribution >= 0.6 is 7.14 Å². The highest BCUT2D eigenvalue weighted by Crippen LogP contribution is 2.69. The van der Waals surface area contributed by atoms with Crippen LogP contribution in [-0.2, 0) is 14.1 Å². The Kier molecular flexibility index (Phi) is 5.68. The molecular weight excluding hydrogens is 367 g/mol. The first-order chi connectivity index (χ1) is 13.2. The van der Waals surface area contributed by atoms with Gasteiger partial charge in [0.25, 0.3) is 0 Å². The molecule has 28 heavy (non-hydrogen) atoms. The molecule has 2 aromatic carbocycles. The van der Waals surface area contributed by atoms with Crippen LogP contribution in [0.1, 0.15) is 38.7 Å². The molecule has 2 aromatic rings. The van der Waals surface area contributed by atoms with Crippen molar-refractivity contribution in [1.29, 1.82) is 0 Å². The van der Waals surface area contributed by atoms with Gasteiger partial charge in [-0.2, -0.15) is 0 Å². The van der Waals surface area contributed by atoms with Crippen LogP contribution in [-0.4, -0.2) is 23.9 Å². The van der Waals surface area contributed by atoms with Crippen molar-refractivity contribution in [2.45, 2.75) is 43.9 Å². The van der Waals surface area contributed by atoms with Crippen molar-refractivity contribution in [1.82, 2.24) is 0 Å². The van der Waals surface area contributed by atoms with Crippen molar-refractivity contribution in [3.05, 3.63) is 78.4 Å². The van der Waals surface area contributed by atoms with Crippen molar-refractivity contribution in [3.63, 3.8) is 0 Å². The molecule has 0 amide bonds. The molecule has 0 heterocycles. The van der Waals surface area contributed by atoms with Gasteiger partial charge in [-0.15, -0.1) is 0 Å². The minimum atomic E-state index is -2.98. The van der Waals surface area contributed by atoms with Gasteiger partial charge in [0, 0.05) is 22.0 Å². The number of esters is 1. The van der Waals surface area contributed by atoms with Crippen molar-refractivity contribution >= 4 is 18.4 Å². The third kappa shape index (κ3) is 3.37. The van der Waals surface area contributed by atoms with Crippen molar-refractivity contribution < 1.29 is 14.1 Å². The van der Waals surface area contributed by atoms with Crippen LogP contribution < -0.4 is 5.30 Å². The first-order valence-electron chi connectivity index (χ1n) is 9.67. The fraction of sp³-hybridized carbons (Fsp3) is 0.375. The Hall–Kier alpha value is -2.12. The van der Waals surface area contributed by atoms with E-state index in [9.17, 15) is 9.36 Å². The van der Waals surface area contributed by atoms with Gasteiger partial charge in [-0.25, -0.2) is 0 Å². The largest absolute Gasteiger partial charge is 0.469 e. The van der Waals surface area contributed by atoms with Crippen molar-refractivity contribution in [2.75, 3.05) is 7.11 Å². The maximum Gasteiger partial charge on any atom is 0.309 e. The number of hydrogen-bond acceptors (Lipinski definition) is 3. The molecule has 0 aliphatic heterocycles. The summed E-state index contributed by atoms with van der Waals surface area (Å²) in [5.74, 6) is -0.846. The Morgan fingerprint density at radius 2 is 1.57 bits per heavy atom. The quantitative estimate of drug-likeness (QED) is 0.396. The molecule has 0 saturated heterocycles. The Labute approximate surface area is 168 Å². The Balaban J connectivity index is 2.24. The van der Waals surface area contributed by atoms with E-state index in [0.29, 0.717) is 6.42 Å². The van der Waals surface area contributed by atoms with Gasteiger partial charge < -0.3 is 9.30 Å². The van der Waals surface area contributed by atoms with Crippen molar-refractivity contribution in [2.24, 2.45) is 5.92 Å². The highest BCUT2D eigenvalue weighted by Gasteiger charge is 2.56. The third-order valence-electron chi connectivity index (χ3n) is 5.89. The third-order valence-corrected chi connectivity index (χ3v) is 10.4. The number of hydrogen-bond donors (Lipinski definition) is 0. The Bertz CT molecular complexity index is 896. The molecule has 0 aromatic heterocycles. The summed E-state index contributed by atoms with van der Waals surface area (Å²) >= 11 is 0. The van der Waals surface area contributed by atoms with E-state index < -0.39 is 12.3 Å². The summed E-state index contributed by atoms with van der Waals surface area (Å²) in [6.07, 6.45) is 0.504. The number of allylic oxidation sites excluding steroid dienone is 1. The molecule has 0 bridgehead atoms. The first-order valence-corrected chi connectivity index (χ1v) is 11.4. The minimum absolute atomic E-state index is 0.216. The van der Waals surface area contributed by atoms with E-state index in [1.165, 1.54) is 7.11 Å². The Morgan fingerprint density at radius 3 is 2.07 bits per heavy atom. The lowest BCUT2D eigenvalue weighted by Gasteiger charge is -2.40. The topological polar surface area (TPSA) is 43.4 Å². The van der Waals surface area contributed by atoms with Crippen LogP contribution in [0.3, 0.4) is 0 Å². The van der Waals surface area contributed by atoms with E-state index in [2.05, 4.69) is 6.58 Å². The average molecular weight is 396 g/mol. The van der Waals surface area contributed by atoms with Crippen LogP contribution in [0.15, 0.2) is 72.8 Å². The summed E-state index contributed by atoms with van der Waals surface area (Å²) in [5.41, 5.74) is 1.59. The lowest BCUT2D eigenvalue weighted by Crippen LogP contribution is -2.35. The molecule has 3 rings (SSSR count). The zero-order valence-corrected chi connectivity index (χ0v) is 18.0. The summed E-state index contributed by atoms with van der Waals surface area (Å²) in [7, 11) is -1.56. The van der Waals surface area contributed by atoms with Crippen LogP contribution in [0.2, 0.25) is 0 Å². The zero-order chi connectivity index (χ0) is 20.5. The predicted molar refractivity (Wildman–Crippen MR) is 116 cm³/mol. The fourth-order valence-electron chi connectivity index (χ4n) is 4.57. The van der Waals surface area contributed by atoms with Gasteiger partial charge in [0.1, 0.15) is 7.14 Å². The van der Waals surface area contributed by atoms with E-state index in [4.69, 9.17) is 4.74 Å². The molecule has 0 spiro atoms. The lowest BCUT2D eigenvalue weighted by molar-refractivity contribution is -0.145. The van der Waals surface area contributed by atoms with Gasteiger partial charge in [-0.3, -0.25) is 4.79 Å². The molecule has 0 N–H and O–H groups in total. The van der Waals surface area contributed by atoms with Gasteiger partial charge in [0.05, 0.1) is 13.0 Å². The van der Waals surface area contributed by atoms with Crippen LogP contribution in [0.5, 0.6) is 0 Å². The summed E-state index contributed by atoms with van der Waals surface area (Å²) < 4.78 is 20.0. The van der Waals surface area contributed by atoms with Gasteiger partial charge in [-0.05, 0) is 12.0 Å². The molecule has 1 fully saturated rings. The van der Waals surface area contributed by atoms with E-state index in [1.54, 1.807) is 0 Å². The summed E-state index contributed by atoms with van der Waals surface area (Å²) in [6.45, 7) is 10.4. The lowest BCUT2D eigenvalue weighted by atomic mass is 9.88. The van der Waals surface area contributed by atoms with E-state index in [-0.39, 0.29) is 23.5 Å². The first kappa shape index (κ1) is 20.6. The summed E-state index contributed by atoms with van der Waals surface area (Å²) in [6, 6.07) is 19.6. The van der Waals surface area contributed by atoms with E-state index in [1.807, 2.05) is 81.4 Å². The number of ether oxygens (including phenoxy) is 1. The van der Waals surface area contributed by atoms with Gasteiger partial charge in [0.2, 0.25) is 0 Å². The normalized spacial score (nSPS) is 24.6. The second-order valence-electron chi connectivity index (χ2n) is 8.54. The molecule has 4 atom stereocenters. The van der Waals surface area contributed by atoms with Gasteiger partial charge in [0.15, 0.2) is 0 Å². The van der Waals surface area contributed by atoms with Crippen LogP contribution in [0.25, 0.3) is 0 Å². The van der Waals surface area contributed by atoms with E-state index >= 15 is 0 Å². The minimum Gasteiger partial charge on any atom is -0.469 e. The molecule has 3 nitrogen and oxygen atoms in total. The van der Waals surface area contributed by atoms with Crippen molar-refractivity contribution in [3.8, 4) is 0 Å². The number of carbonyl (C=O) groups excluding carboxylic acids is 1. The van der Waals surface area contributed by atoms with Crippen LogP contribution in [0.4, 0.5) is 0 Å². The summed E-state index contributed by atoms with van der Waals surface area (Å²) in [5, 5.41) is 0.375. The van der Waals surface area contributed by atoms with Gasteiger partial charge in [-0.1, -0.05) is 93.6 Å². The smallest absolute Gasteiger partial charge is 0.309 e. The SMILES string of the molecule is C=C1C[C@H](C(=O)OC)[C@@H](c2ccccc2)[C@@H]1P(=O)(c1ccccc1)C(C)(C)C. The standard InChI is InChI=1S/C24H29O3P/c1-17-16-20(23(25)27-5)21(18-12-8-6-9-13-18)22(17)28(26,24(2,3)4)19-14-10-7-11-15-19/h6-15,20-22H,1,16H2,2-5H3/t20-,21+,22+,28?/m0/s1. The van der Waals surface area contributed by atoms with Gasteiger partial charge >= 0.3 is 5.97 Å². The van der Waals surface area contributed by atoms with E-state index in [0.717, 1.165) is 16.4 Å². The Morgan fingerprint density at radius 1 is 1.04 bits per heavy atom. The fourth-order valence-corrected chi connectivity index (χ4v) is 8.57. The zero-order valence-electron chi connectivity index (χ0n) is 17.1. The maximum absolute atomic E-state index is 14.9. The number of carbonyl (C=O) groups is 1. The second kappa shape index (κ2) is 7.72. The second-order valence-corrected chi connectivity index (χ2v) is 12.3. The molecular formula is C24H29O3P. The predicted octanol–water partition coefficient (Wildman–Crippen LogP) is 5.38. The average Bonchev–Trinajstić information content (AvgIpc) is 3.04.